The van der Waals surface area contributed by atoms with Crippen LogP contribution in [0.2, 0.25) is 0 Å². The van der Waals surface area contributed by atoms with Crippen molar-refractivity contribution < 1.29 is 9.53 Å². The summed E-state index contributed by atoms with van der Waals surface area (Å²) < 4.78 is 5.15. The van der Waals surface area contributed by atoms with Crippen LogP contribution in [0.3, 0.4) is 0 Å². The first-order chi connectivity index (χ1) is 13.0. The molecule has 0 fully saturated rings. The van der Waals surface area contributed by atoms with Gasteiger partial charge in [0.2, 0.25) is 0 Å². The van der Waals surface area contributed by atoms with Crippen molar-refractivity contribution in [1.82, 2.24) is 10.3 Å². The molecule has 0 unspecified atom stereocenters. The van der Waals surface area contributed by atoms with Gasteiger partial charge in [-0.25, -0.2) is 4.98 Å². The normalized spacial score (nSPS) is 10.5. The average Bonchev–Trinajstić information content (AvgIpc) is 3.03. The quantitative estimate of drug-likeness (QED) is 0.647. The van der Waals surface area contributed by atoms with E-state index in [1.54, 1.807) is 7.11 Å². The molecule has 1 aromatic heterocycles. The first-order valence-electron chi connectivity index (χ1n) is 8.69. The molecule has 0 aliphatic heterocycles. The third-order valence-corrected chi connectivity index (χ3v) is 5.31. The highest BCUT2D eigenvalue weighted by molar-refractivity contribution is 7.17. The molecule has 0 saturated carbocycles. The zero-order chi connectivity index (χ0) is 19.4. The molecule has 5 nitrogen and oxygen atoms in total. The standard InChI is InChI=1S/C21H23N3O2S/c1-13-5-10-18(14(2)11-13)24-21-23-15(3)19(27-21)20(25)22-12-16-6-8-17(26-4)9-7-16/h5-11H,12H2,1-4H3,(H,22,25)(H,23,24). The summed E-state index contributed by atoms with van der Waals surface area (Å²) in [6.45, 7) is 6.43. The fourth-order valence-electron chi connectivity index (χ4n) is 2.74. The van der Waals surface area contributed by atoms with E-state index in [2.05, 4.69) is 41.6 Å². The second-order valence-electron chi connectivity index (χ2n) is 6.41. The smallest absolute Gasteiger partial charge is 0.263 e. The maximum atomic E-state index is 12.5. The van der Waals surface area contributed by atoms with Gasteiger partial charge in [0.05, 0.1) is 12.8 Å². The molecular formula is C21H23N3O2S. The zero-order valence-corrected chi connectivity index (χ0v) is 16.7. The Labute approximate surface area is 163 Å². The van der Waals surface area contributed by atoms with E-state index >= 15 is 0 Å². The summed E-state index contributed by atoms with van der Waals surface area (Å²) in [6, 6.07) is 13.8. The minimum absolute atomic E-state index is 0.116. The van der Waals surface area contributed by atoms with Crippen LogP contribution in [0.15, 0.2) is 42.5 Å². The van der Waals surface area contributed by atoms with Crippen molar-refractivity contribution in [2.24, 2.45) is 0 Å². The Bertz CT molecular complexity index is 949. The molecule has 3 aromatic rings. The molecule has 140 valence electrons. The number of aromatic nitrogens is 1. The first-order valence-corrected chi connectivity index (χ1v) is 9.50. The summed E-state index contributed by atoms with van der Waals surface area (Å²) >= 11 is 1.36. The van der Waals surface area contributed by atoms with Crippen molar-refractivity contribution in [2.75, 3.05) is 12.4 Å². The van der Waals surface area contributed by atoms with E-state index in [4.69, 9.17) is 4.74 Å². The molecule has 6 heteroatoms. The maximum absolute atomic E-state index is 12.5. The summed E-state index contributed by atoms with van der Waals surface area (Å²) in [4.78, 5) is 17.7. The van der Waals surface area contributed by atoms with Crippen LogP contribution >= 0.6 is 11.3 Å². The number of methoxy groups -OCH3 is 1. The SMILES string of the molecule is COc1ccc(CNC(=O)c2sc(Nc3ccc(C)cc3C)nc2C)cc1. The molecule has 2 aromatic carbocycles. The molecule has 2 N–H and O–H groups in total. The van der Waals surface area contributed by atoms with Crippen molar-refractivity contribution in [1.29, 1.82) is 0 Å². The van der Waals surface area contributed by atoms with Crippen LogP contribution in [0.1, 0.15) is 32.1 Å². The van der Waals surface area contributed by atoms with Gasteiger partial charge >= 0.3 is 0 Å². The highest BCUT2D eigenvalue weighted by Crippen LogP contribution is 2.27. The Balaban J connectivity index is 1.66. The van der Waals surface area contributed by atoms with Gasteiger partial charge in [0, 0.05) is 12.2 Å². The fraction of sp³-hybridized carbons (Fsp3) is 0.238. The predicted molar refractivity (Wildman–Crippen MR) is 110 cm³/mol. The lowest BCUT2D eigenvalue weighted by Gasteiger charge is -2.07. The Morgan fingerprint density at radius 2 is 1.85 bits per heavy atom. The lowest BCUT2D eigenvalue weighted by Crippen LogP contribution is -2.22. The van der Waals surface area contributed by atoms with Crippen LogP contribution in [0.4, 0.5) is 10.8 Å². The van der Waals surface area contributed by atoms with Crippen molar-refractivity contribution in [2.45, 2.75) is 27.3 Å². The molecule has 0 spiro atoms. The Morgan fingerprint density at radius 1 is 1.11 bits per heavy atom. The van der Waals surface area contributed by atoms with Gasteiger partial charge < -0.3 is 15.4 Å². The van der Waals surface area contributed by atoms with Crippen LogP contribution < -0.4 is 15.4 Å². The number of carbonyl (C=O) groups excluding carboxylic acids is 1. The highest BCUT2D eigenvalue weighted by atomic mass is 32.1. The van der Waals surface area contributed by atoms with Gasteiger partial charge in [0.25, 0.3) is 5.91 Å². The van der Waals surface area contributed by atoms with Crippen LogP contribution in [0.5, 0.6) is 5.75 Å². The van der Waals surface area contributed by atoms with E-state index in [1.807, 2.05) is 37.3 Å². The molecule has 0 aliphatic carbocycles. The number of ether oxygens (including phenoxy) is 1. The van der Waals surface area contributed by atoms with Gasteiger partial charge in [0.1, 0.15) is 10.6 Å². The van der Waals surface area contributed by atoms with E-state index in [0.717, 1.165) is 28.3 Å². The number of rotatable bonds is 6. The summed E-state index contributed by atoms with van der Waals surface area (Å²) in [7, 11) is 1.63. The van der Waals surface area contributed by atoms with Gasteiger partial charge in [-0.1, -0.05) is 41.2 Å². The van der Waals surface area contributed by atoms with Crippen molar-refractivity contribution in [3.63, 3.8) is 0 Å². The average molecular weight is 382 g/mol. The minimum atomic E-state index is -0.116. The largest absolute Gasteiger partial charge is 0.497 e. The van der Waals surface area contributed by atoms with Crippen molar-refractivity contribution >= 4 is 28.1 Å². The molecule has 3 rings (SSSR count). The topological polar surface area (TPSA) is 63.2 Å². The van der Waals surface area contributed by atoms with Gasteiger partial charge in [-0.05, 0) is 50.1 Å². The third-order valence-electron chi connectivity index (χ3n) is 4.24. The molecule has 0 bridgehead atoms. The second kappa shape index (κ2) is 8.22. The third kappa shape index (κ3) is 4.65. The second-order valence-corrected chi connectivity index (χ2v) is 7.41. The number of hydrogen-bond acceptors (Lipinski definition) is 5. The summed E-state index contributed by atoms with van der Waals surface area (Å²) in [5.74, 6) is 0.681. The maximum Gasteiger partial charge on any atom is 0.263 e. The lowest BCUT2D eigenvalue weighted by molar-refractivity contribution is 0.0954. The van der Waals surface area contributed by atoms with Crippen LogP contribution in [-0.4, -0.2) is 18.0 Å². The van der Waals surface area contributed by atoms with E-state index in [9.17, 15) is 4.79 Å². The van der Waals surface area contributed by atoms with E-state index in [-0.39, 0.29) is 5.91 Å². The zero-order valence-electron chi connectivity index (χ0n) is 15.9. The molecule has 0 atom stereocenters. The van der Waals surface area contributed by atoms with Gasteiger partial charge in [-0.3, -0.25) is 4.79 Å². The predicted octanol–water partition coefficient (Wildman–Crippen LogP) is 4.75. The van der Waals surface area contributed by atoms with Gasteiger partial charge in [-0.2, -0.15) is 0 Å². The number of anilines is 2. The molecule has 1 heterocycles. The number of nitrogens with zero attached hydrogens (tertiary/aromatic N) is 1. The van der Waals surface area contributed by atoms with Gasteiger partial charge in [-0.15, -0.1) is 0 Å². The van der Waals surface area contributed by atoms with E-state index in [1.165, 1.54) is 16.9 Å². The summed E-state index contributed by atoms with van der Waals surface area (Å²) in [6.07, 6.45) is 0. The number of thiazole rings is 1. The molecule has 0 radical (unpaired) electrons. The van der Waals surface area contributed by atoms with Crippen LogP contribution in [0.25, 0.3) is 0 Å². The molecule has 1 amide bonds. The molecule has 27 heavy (non-hydrogen) atoms. The highest BCUT2D eigenvalue weighted by Gasteiger charge is 2.15. The van der Waals surface area contributed by atoms with E-state index < -0.39 is 0 Å². The first kappa shape index (κ1) is 18.9. The molecule has 0 aliphatic rings. The monoisotopic (exact) mass is 381 g/mol. The summed E-state index contributed by atoms with van der Waals surface area (Å²) in [5.41, 5.74) is 5.10. The number of carbonyl (C=O) groups is 1. The number of amides is 1. The lowest BCUT2D eigenvalue weighted by atomic mass is 10.1. The van der Waals surface area contributed by atoms with Crippen LogP contribution in [-0.2, 0) is 6.54 Å². The molecular weight excluding hydrogens is 358 g/mol. The Hall–Kier alpha value is -2.86. The Kier molecular flexibility index (Phi) is 5.76. The number of nitrogens with one attached hydrogen (secondary N) is 2. The summed E-state index contributed by atoms with van der Waals surface area (Å²) in [5, 5.41) is 6.98. The Morgan fingerprint density at radius 3 is 2.52 bits per heavy atom. The number of benzene rings is 2. The van der Waals surface area contributed by atoms with Gasteiger partial charge in [0.15, 0.2) is 5.13 Å². The number of aryl methyl sites for hydroxylation is 3. The van der Waals surface area contributed by atoms with Crippen molar-refractivity contribution in [3.8, 4) is 5.75 Å². The van der Waals surface area contributed by atoms with E-state index in [0.29, 0.717) is 16.6 Å². The minimum Gasteiger partial charge on any atom is -0.497 e. The molecule has 0 saturated heterocycles. The van der Waals surface area contributed by atoms with Crippen molar-refractivity contribution in [3.05, 3.63) is 69.7 Å². The van der Waals surface area contributed by atoms with Crippen LogP contribution in [0, 0.1) is 20.8 Å². The fourth-order valence-corrected chi connectivity index (χ4v) is 3.63. The number of hydrogen-bond donors (Lipinski definition) is 2.